The van der Waals surface area contributed by atoms with Crippen molar-refractivity contribution >= 4 is 5.91 Å². The molecule has 3 rings (SSSR count). The predicted molar refractivity (Wildman–Crippen MR) is 92.3 cm³/mol. The number of rotatable bonds is 5. The van der Waals surface area contributed by atoms with Gasteiger partial charge < -0.3 is 9.88 Å². The van der Waals surface area contributed by atoms with E-state index in [0.29, 0.717) is 18.8 Å². The van der Waals surface area contributed by atoms with Crippen LogP contribution in [-0.2, 0) is 13.1 Å². The average molecular weight is 320 g/mol. The summed E-state index contributed by atoms with van der Waals surface area (Å²) in [6.45, 7) is 4.77. The minimum Gasteiger partial charge on any atom is -0.357 e. The molecular weight excluding hydrogens is 300 g/mol. The van der Waals surface area contributed by atoms with Crippen molar-refractivity contribution < 1.29 is 4.79 Å². The van der Waals surface area contributed by atoms with Gasteiger partial charge in [-0.15, -0.1) is 0 Å². The van der Waals surface area contributed by atoms with Crippen molar-refractivity contribution in [1.29, 1.82) is 0 Å². The van der Waals surface area contributed by atoms with Crippen LogP contribution < -0.4 is 0 Å². The van der Waals surface area contributed by atoms with Gasteiger partial charge in [0.2, 0.25) is 0 Å². The molecule has 0 atom stereocenters. The number of carbonyl (C=O) groups is 1. The molecule has 0 radical (unpaired) electrons. The second-order valence-corrected chi connectivity index (χ2v) is 5.79. The number of nitrogens with one attached hydrogen (secondary N) is 1. The summed E-state index contributed by atoms with van der Waals surface area (Å²) in [5.41, 5.74) is 4.17. The Hall–Kier alpha value is -2.95. The third-order valence-corrected chi connectivity index (χ3v) is 3.71. The Morgan fingerprint density at radius 2 is 1.50 bits per heavy atom. The maximum Gasteiger partial charge on any atom is 0.270 e. The Morgan fingerprint density at radius 3 is 1.96 bits per heavy atom. The van der Waals surface area contributed by atoms with Gasteiger partial charge in [0, 0.05) is 17.6 Å². The van der Waals surface area contributed by atoms with E-state index in [1.807, 2.05) is 56.3 Å². The zero-order chi connectivity index (χ0) is 16.9. The summed E-state index contributed by atoms with van der Waals surface area (Å²) in [6, 6.07) is 15.3. The molecule has 0 fully saturated rings. The first-order valence-corrected chi connectivity index (χ1v) is 7.89. The highest BCUT2D eigenvalue weighted by Crippen LogP contribution is 2.12. The molecule has 5 heteroatoms. The molecular formula is C19H20N4O. The zero-order valence-corrected chi connectivity index (χ0v) is 13.9. The Labute approximate surface area is 141 Å². The van der Waals surface area contributed by atoms with Gasteiger partial charge in [-0.3, -0.25) is 14.8 Å². The molecule has 0 aromatic carbocycles. The summed E-state index contributed by atoms with van der Waals surface area (Å²) in [5.74, 6) is -0.0633. The van der Waals surface area contributed by atoms with Crippen molar-refractivity contribution in [2.24, 2.45) is 0 Å². The molecule has 122 valence electrons. The SMILES string of the molecule is Cc1cccc(CN(Cc2cccc(C)n2)C(=O)c2ccc[nH]2)n1. The smallest absolute Gasteiger partial charge is 0.270 e. The Balaban J connectivity index is 1.87. The van der Waals surface area contributed by atoms with Gasteiger partial charge in [0.05, 0.1) is 24.5 Å². The van der Waals surface area contributed by atoms with Crippen LogP contribution in [0.3, 0.4) is 0 Å². The lowest BCUT2D eigenvalue weighted by atomic mass is 10.2. The van der Waals surface area contributed by atoms with Crippen LogP contribution in [-0.4, -0.2) is 25.8 Å². The largest absolute Gasteiger partial charge is 0.357 e. The summed E-state index contributed by atoms with van der Waals surface area (Å²) in [7, 11) is 0. The minimum atomic E-state index is -0.0633. The lowest BCUT2D eigenvalue weighted by Crippen LogP contribution is -2.31. The van der Waals surface area contributed by atoms with Crippen molar-refractivity contribution in [3.63, 3.8) is 0 Å². The number of aryl methyl sites for hydroxylation is 2. The third kappa shape index (κ3) is 3.87. The first kappa shape index (κ1) is 15.9. The van der Waals surface area contributed by atoms with E-state index >= 15 is 0 Å². The number of hydrogen-bond acceptors (Lipinski definition) is 3. The van der Waals surface area contributed by atoms with Gasteiger partial charge >= 0.3 is 0 Å². The molecule has 24 heavy (non-hydrogen) atoms. The molecule has 3 aromatic rings. The van der Waals surface area contributed by atoms with Gasteiger partial charge in [-0.2, -0.15) is 0 Å². The Morgan fingerprint density at radius 1 is 0.917 bits per heavy atom. The first-order valence-electron chi connectivity index (χ1n) is 7.89. The maximum atomic E-state index is 12.8. The molecule has 0 aliphatic rings. The summed E-state index contributed by atoms with van der Waals surface area (Å²) in [5, 5.41) is 0. The Kier molecular flexibility index (Phi) is 4.70. The van der Waals surface area contributed by atoms with E-state index in [1.165, 1.54) is 0 Å². The molecule has 1 N–H and O–H groups in total. The van der Waals surface area contributed by atoms with Gasteiger partial charge in [0.15, 0.2) is 0 Å². The van der Waals surface area contributed by atoms with Crippen molar-refractivity contribution in [2.75, 3.05) is 0 Å². The molecule has 0 spiro atoms. The number of H-pyrrole nitrogens is 1. The molecule has 1 amide bonds. The molecule has 0 unspecified atom stereocenters. The van der Waals surface area contributed by atoms with Crippen molar-refractivity contribution in [1.82, 2.24) is 19.9 Å². The van der Waals surface area contributed by atoms with Gasteiger partial charge in [0.1, 0.15) is 5.69 Å². The number of hydrogen-bond donors (Lipinski definition) is 1. The van der Waals surface area contributed by atoms with Crippen LogP contribution >= 0.6 is 0 Å². The maximum absolute atomic E-state index is 12.8. The molecule has 3 aromatic heterocycles. The fraction of sp³-hybridized carbons (Fsp3) is 0.211. The number of aromatic nitrogens is 3. The number of pyridine rings is 2. The monoisotopic (exact) mass is 320 g/mol. The van der Waals surface area contributed by atoms with E-state index in [-0.39, 0.29) is 5.91 Å². The van der Waals surface area contributed by atoms with Crippen LogP contribution in [0, 0.1) is 13.8 Å². The minimum absolute atomic E-state index is 0.0633. The molecule has 0 saturated heterocycles. The quantitative estimate of drug-likeness (QED) is 0.785. The third-order valence-electron chi connectivity index (χ3n) is 3.71. The van der Waals surface area contributed by atoms with Crippen LogP contribution in [0.1, 0.15) is 33.3 Å². The van der Waals surface area contributed by atoms with E-state index < -0.39 is 0 Å². The molecule has 0 aliphatic heterocycles. The van der Waals surface area contributed by atoms with Crippen LogP contribution in [0.5, 0.6) is 0 Å². The molecule has 0 bridgehead atoms. The van der Waals surface area contributed by atoms with Gasteiger partial charge in [-0.05, 0) is 50.2 Å². The zero-order valence-electron chi connectivity index (χ0n) is 13.9. The van der Waals surface area contributed by atoms with Crippen molar-refractivity contribution in [2.45, 2.75) is 26.9 Å². The number of amides is 1. The van der Waals surface area contributed by atoms with E-state index in [1.54, 1.807) is 17.2 Å². The average Bonchev–Trinajstić information content (AvgIpc) is 3.08. The molecule has 3 heterocycles. The molecule has 0 aliphatic carbocycles. The number of nitrogens with zero attached hydrogens (tertiary/aromatic N) is 3. The fourth-order valence-corrected chi connectivity index (χ4v) is 2.60. The summed E-state index contributed by atoms with van der Waals surface area (Å²) < 4.78 is 0. The Bertz CT molecular complexity index is 779. The predicted octanol–water partition coefficient (Wildman–Crippen LogP) is 3.26. The van der Waals surface area contributed by atoms with Crippen LogP contribution in [0.25, 0.3) is 0 Å². The molecule has 0 saturated carbocycles. The number of aromatic amines is 1. The van der Waals surface area contributed by atoms with Gasteiger partial charge in [-0.25, -0.2) is 0 Å². The summed E-state index contributed by atoms with van der Waals surface area (Å²) >= 11 is 0. The van der Waals surface area contributed by atoms with Crippen LogP contribution in [0.2, 0.25) is 0 Å². The highest BCUT2D eigenvalue weighted by molar-refractivity contribution is 5.92. The normalized spacial score (nSPS) is 10.6. The van der Waals surface area contributed by atoms with E-state index in [4.69, 9.17) is 0 Å². The van der Waals surface area contributed by atoms with Gasteiger partial charge in [0.25, 0.3) is 5.91 Å². The number of carbonyl (C=O) groups excluding carboxylic acids is 1. The van der Waals surface area contributed by atoms with Gasteiger partial charge in [-0.1, -0.05) is 12.1 Å². The second kappa shape index (κ2) is 7.08. The van der Waals surface area contributed by atoms with E-state index in [0.717, 1.165) is 22.8 Å². The summed E-state index contributed by atoms with van der Waals surface area (Å²) in [6.07, 6.45) is 1.75. The van der Waals surface area contributed by atoms with Crippen LogP contribution in [0.15, 0.2) is 54.7 Å². The first-order chi connectivity index (χ1) is 11.6. The lowest BCUT2D eigenvalue weighted by Gasteiger charge is -2.22. The topological polar surface area (TPSA) is 61.9 Å². The van der Waals surface area contributed by atoms with Crippen LogP contribution in [0.4, 0.5) is 0 Å². The highest BCUT2D eigenvalue weighted by Gasteiger charge is 2.18. The van der Waals surface area contributed by atoms with E-state index in [2.05, 4.69) is 15.0 Å². The fourth-order valence-electron chi connectivity index (χ4n) is 2.60. The van der Waals surface area contributed by atoms with E-state index in [9.17, 15) is 4.79 Å². The van der Waals surface area contributed by atoms with Crippen molar-refractivity contribution in [3.05, 3.63) is 83.2 Å². The highest BCUT2D eigenvalue weighted by atomic mass is 16.2. The molecule has 5 nitrogen and oxygen atoms in total. The van der Waals surface area contributed by atoms with Crippen molar-refractivity contribution in [3.8, 4) is 0 Å². The standard InChI is InChI=1S/C19H20N4O/c1-14-6-3-8-16(21-14)12-23(19(24)18-10-5-11-20-18)13-17-9-4-7-15(2)22-17/h3-11,20H,12-13H2,1-2H3. The second-order valence-electron chi connectivity index (χ2n) is 5.79. The summed E-state index contributed by atoms with van der Waals surface area (Å²) in [4.78, 5) is 26.6. The lowest BCUT2D eigenvalue weighted by molar-refractivity contribution is 0.0720.